The lowest BCUT2D eigenvalue weighted by Gasteiger charge is -2.16. The van der Waals surface area contributed by atoms with E-state index in [1.54, 1.807) is 31.2 Å². The van der Waals surface area contributed by atoms with Gasteiger partial charge in [0.2, 0.25) is 11.8 Å². The van der Waals surface area contributed by atoms with Gasteiger partial charge in [-0.2, -0.15) is 0 Å². The van der Waals surface area contributed by atoms with Gasteiger partial charge in [-0.25, -0.2) is 14.8 Å². The zero-order valence-electron chi connectivity index (χ0n) is 14.6. The van der Waals surface area contributed by atoms with Crippen molar-refractivity contribution in [1.82, 2.24) is 15.3 Å². The normalized spacial score (nSPS) is 11.3. The van der Waals surface area contributed by atoms with Crippen molar-refractivity contribution in [2.24, 2.45) is 0 Å². The van der Waals surface area contributed by atoms with Crippen LogP contribution in [-0.2, 0) is 4.79 Å². The maximum Gasteiger partial charge on any atom is 0.341 e. The highest BCUT2D eigenvalue weighted by Gasteiger charge is 2.22. The van der Waals surface area contributed by atoms with E-state index >= 15 is 0 Å². The summed E-state index contributed by atoms with van der Waals surface area (Å²) in [6, 6.07) is 6.39. The molecule has 1 atom stereocenters. The van der Waals surface area contributed by atoms with Crippen LogP contribution in [0.5, 0.6) is 17.5 Å². The number of nitrogens with zero attached hydrogens (tertiary/aromatic N) is 2. The Bertz CT molecular complexity index is 756. The van der Waals surface area contributed by atoms with E-state index in [-0.39, 0.29) is 23.4 Å². The van der Waals surface area contributed by atoms with E-state index in [0.717, 1.165) is 5.56 Å². The van der Waals surface area contributed by atoms with E-state index in [9.17, 15) is 9.59 Å². The van der Waals surface area contributed by atoms with Crippen LogP contribution in [0.4, 0.5) is 0 Å². The fourth-order valence-corrected chi connectivity index (χ4v) is 2.21. The summed E-state index contributed by atoms with van der Waals surface area (Å²) in [4.78, 5) is 30.9. The van der Waals surface area contributed by atoms with E-state index in [1.807, 2.05) is 0 Å². The number of carbonyl (C=O) groups is 2. The third-order valence-electron chi connectivity index (χ3n) is 3.48. The summed E-state index contributed by atoms with van der Waals surface area (Å²) in [5.41, 5.74) is 0.904. The van der Waals surface area contributed by atoms with Gasteiger partial charge in [-0.1, -0.05) is 12.1 Å². The molecule has 2 aromatic rings. The molecule has 26 heavy (non-hydrogen) atoms. The molecule has 0 aliphatic heterocycles. The minimum atomic E-state index is -1.05. The van der Waals surface area contributed by atoms with Crippen LogP contribution in [0.2, 0.25) is 0 Å². The Balaban J connectivity index is 2.11. The molecule has 1 aromatic heterocycles. The predicted octanol–water partition coefficient (Wildman–Crippen LogP) is 1.45. The number of hydrogen-bond acceptors (Lipinski definition) is 7. The first-order valence-corrected chi connectivity index (χ1v) is 7.64. The van der Waals surface area contributed by atoms with Crippen LogP contribution in [0.3, 0.4) is 0 Å². The summed E-state index contributed by atoms with van der Waals surface area (Å²) in [6.07, 6.45) is 1.24. The third-order valence-corrected chi connectivity index (χ3v) is 3.48. The molecular weight excluding hydrogens is 342 g/mol. The summed E-state index contributed by atoms with van der Waals surface area (Å²) >= 11 is 0. The second kappa shape index (κ2) is 8.65. The second-order valence-electron chi connectivity index (χ2n) is 5.21. The van der Waals surface area contributed by atoms with Crippen molar-refractivity contribution in [3.05, 3.63) is 41.7 Å². The minimum Gasteiger partial charge on any atom is -0.482 e. The topological polar surface area (TPSA) is 120 Å². The molecule has 138 valence electrons. The quantitative estimate of drug-likeness (QED) is 0.725. The number of rotatable bonds is 8. The lowest BCUT2D eigenvalue weighted by atomic mass is 10.1. The number of carboxylic acid groups (broad SMARTS) is 1. The maximum absolute atomic E-state index is 12.6. The number of aromatic nitrogens is 2. The standard InChI is InChI=1S/C17H19N3O6/c1-10(11-4-6-12(7-5-11)26-8-13(21)22)20-15(23)14-16(24-2)18-9-19-17(14)25-3/h4-7,9-10H,8H2,1-3H3,(H,20,23)(H,21,22). The number of carboxylic acids is 1. The highest BCUT2D eigenvalue weighted by Crippen LogP contribution is 2.25. The summed E-state index contributed by atoms with van der Waals surface area (Å²) in [5, 5.41) is 11.4. The van der Waals surface area contributed by atoms with Gasteiger partial charge in [0.05, 0.1) is 20.3 Å². The van der Waals surface area contributed by atoms with E-state index in [4.69, 9.17) is 19.3 Å². The number of ether oxygens (including phenoxy) is 3. The molecule has 1 heterocycles. The largest absolute Gasteiger partial charge is 0.482 e. The number of hydrogen-bond donors (Lipinski definition) is 2. The summed E-state index contributed by atoms with van der Waals surface area (Å²) in [7, 11) is 2.80. The molecule has 0 bridgehead atoms. The highest BCUT2D eigenvalue weighted by atomic mass is 16.5. The highest BCUT2D eigenvalue weighted by molar-refractivity contribution is 5.98. The molecule has 0 saturated heterocycles. The molecule has 1 amide bonds. The van der Waals surface area contributed by atoms with Gasteiger partial charge in [-0.15, -0.1) is 0 Å². The van der Waals surface area contributed by atoms with Crippen LogP contribution in [0.25, 0.3) is 0 Å². The number of carbonyl (C=O) groups excluding carboxylic acids is 1. The monoisotopic (exact) mass is 361 g/mol. The third kappa shape index (κ3) is 4.59. The molecule has 1 unspecified atom stereocenters. The fraction of sp³-hybridized carbons (Fsp3) is 0.294. The predicted molar refractivity (Wildman–Crippen MR) is 90.6 cm³/mol. The Morgan fingerprint density at radius 2 is 1.69 bits per heavy atom. The van der Waals surface area contributed by atoms with Gasteiger partial charge in [-0.3, -0.25) is 4.79 Å². The van der Waals surface area contributed by atoms with Crippen molar-refractivity contribution < 1.29 is 28.9 Å². The lowest BCUT2D eigenvalue weighted by Crippen LogP contribution is -2.28. The Morgan fingerprint density at radius 3 is 2.19 bits per heavy atom. The Morgan fingerprint density at radius 1 is 1.12 bits per heavy atom. The van der Waals surface area contributed by atoms with Crippen molar-refractivity contribution in [3.8, 4) is 17.5 Å². The maximum atomic E-state index is 12.6. The van der Waals surface area contributed by atoms with E-state index in [1.165, 1.54) is 20.5 Å². The van der Waals surface area contributed by atoms with Gasteiger partial charge < -0.3 is 24.6 Å². The molecule has 9 nitrogen and oxygen atoms in total. The summed E-state index contributed by atoms with van der Waals surface area (Å²) in [6.45, 7) is 1.38. The minimum absolute atomic E-state index is 0.103. The van der Waals surface area contributed by atoms with Crippen LogP contribution in [0.15, 0.2) is 30.6 Å². The molecule has 0 aliphatic rings. The van der Waals surface area contributed by atoms with Gasteiger partial charge in [0.25, 0.3) is 5.91 Å². The fourth-order valence-electron chi connectivity index (χ4n) is 2.21. The first-order valence-electron chi connectivity index (χ1n) is 7.64. The van der Waals surface area contributed by atoms with Crippen LogP contribution in [0.1, 0.15) is 28.9 Å². The zero-order valence-corrected chi connectivity index (χ0v) is 14.6. The van der Waals surface area contributed by atoms with E-state index in [2.05, 4.69) is 15.3 Å². The zero-order chi connectivity index (χ0) is 19.1. The first kappa shape index (κ1) is 19.0. The molecule has 0 aliphatic carbocycles. The van der Waals surface area contributed by atoms with Crippen molar-refractivity contribution >= 4 is 11.9 Å². The van der Waals surface area contributed by atoms with E-state index < -0.39 is 18.5 Å². The van der Waals surface area contributed by atoms with E-state index in [0.29, 0.717) is 5.75 Å². The molecule has 2 rings (SSSR count). The summed E-state index contributed by atoms with van der Waals surface area (Å²) < 4.78 is 15.3. The van der Waals surface area contributed by atoms with Crippen LogP contribution in [0, 0.1) is 0 Å². The number of methoxy groups -OCH3 is 2. The number of benzene rings is 1. The van der Waals surface area contributed by atoms with Gasteiger partial charge in [-0.05, 0) is 24.6 Å². The van der Waals surface area contributed by atoms with Crippen LogP contribution >= 0.6 is 0 Å². The summed E-state index contributed by atoms with van der Waals surface area (Å²) in [5.74, 6) is -0.854. The smallest absolute Gasteiger partial charge is 0.341 e. The number of aliphatic carboxylic acids is 1. The Kier molecular flexibility index (Phi) is 6.31. The molecular formula is C17H19N3O6. The van der Waals surface area contributed by atoms with Gasteiger partial charge in [0.15, 0.2) is 12.2 Å². The molecule has 0 fully saturated rings. The average Bonchev–Trinajstić information content (AvgIpc) is 2.65. The van der Waals surface area contributed by atoms with Crippen molar-refractivity contribution in [2.45, 2.75) is 13.0 Å². The van der Waals surface area contributed by atoms with Crippen LogP contribution in [-0.4, -0.2) is 47.8 Å². The first-order chi connectivity index (χ1) is 12.5. The van der Waals surface area contributed by atoms with Gasteiger partial charge in [0, 0.05) is 0 Å². The Hall–Kier alpha value is -3.36. The average molecular weight is 361 g/mol. The number of nitrogens with one attached hydrogen (secondary N) is 1. The Labute approximate surface area is 149 Å². The number of amides is 1. The lowest BCUT2D eigenvalue weighted by molar-refractivity contribution is -0.139. The molecule has 2 N–H and O–H groups in total. The molecule has 9 heteroatoms. The van der Waals surface area contributed by atoms with Crippen molar-refractivity contribution in [1.29, 1.82) is 0 Å². The van der Waals surface area contributed by atoms with Gasteiger partial charge >= 0.3 is 5.97 Å². The van der Waals surface area contributed by atoms with Crippen molar-refractivity contribution in [3.63, 3.8) is 0 Å². The van der Waals surface area contributed by atoms with Crippen LogP contribution < -0.4 is 19.5 Å². The second-order valence-corrected chi connectivity index (χ2v) is 5.21. The molecule has 0 saturated carbocycles. The SMILES string of the molecule is COc1ncnc(OC)c1C(=O)NC(C)c1ccc(OCC(=O)O)cc1. The molecule has 0 spiro atoms. The molecule has 1 aromatic carbocycles. The van der Waals surface area contributed by atoms with Gasteiger partial charge in [0.1, 0.15) is 12.1 Å². The molecule has 0 radical (unpaired) electrons. The van der Waals surface area contributed by atoms with Crippen molar-refractivity contribution in [2.75, 3.05) is 20.8 Å².